The highest BCUT2D eigenvalue weighted by atomic mass is 16.5. The normalized spacial score (nSPS) is 12.3. The summed E-state index contributed by atoms with van der Waals surface area (Å²) < 4.78 is 17.9. The molecule has 1 aliphatic rings. The fourth-order valence-electron chi connectivity index (χ4n) is 4.27. The maximum Gasteiger partial charge on any atom is 0.339 e. The predicted octanol–water partition coefficient (Wildman–Crippen LogP) is 4.64. The molecule has 2 aromatic carbocycles. The van der Waals surface area contributed by atoms with E-state index >= 15 is 0 Å². The molecule has 0 aliphatic carbocycles. The van der Waals surface area contributed by atoms with Crippen molar-refractivity contribution in [1.29, 1.82) is 0 Å². The van der Waals surface area contributed by atoms with Crippen molar-refractivity contribution in [3.63, 3.8) is 0 Å². The molecule has 1 aliphatic heterocycles. The second-order valence-electron chi connectivity index (χ2n) is 7.88. The van der Waals surface area contributed by atoms with Crippen molar-refractivity contribution in [2.45, 2.75) is 6.61 Å². The van der Waals surface area contributed by atoms with Crippen LogP contribution < -0.4 is 14.4 Å². The van der Waals surface area contributed by atoms with Crippen LogP contribution in [0.1, 0.15) is 15.9 Å². The Balaban J connectivity index is 1.66. The molecular formula is C25H21N5O4. The minimum absolute atomic E-state index is 0.221. The van der Waals surface area contributed by atoms with Crippen molar-refractivity contribution in [1.82, 2.24) is 14.8 Å². The summed E-state index contributed by atoms with van der Waals surface area (Å²) in [6, 6.07) is 9.44. The van der Waals surface area contributed by atoms with Gasteiger partial charge in [-0.15, -0.1) is 0 Å². The standard InChI is InChI=1S/C25H21N5O4/c1-26-18-12-29(2)28-24(18)30(3)21-7-6-14(11-27-21)22-17-10-20(33-5)19(32-4)9-15(17)8-16-13-34-25(31)23(16)22/h6-12H,13H2,2-5H3. The number of ether oxygens (including phenoxy) is 3. The molecule has 3 heterocycles. The molecule has 34 heavy (non-hydrogen) atoms. The molecular weight excluding hydrogens is 434 g/mol. The summed E-state index contributed by atoms with van der Waals surface area (Å²) in [4.78, 5) is 22.6. The summed E-state index contributed by atoms with van der Waals surface area (Å²) in [7, 11) is 6.74. The van der Waals surface area contributed by atoms with E-state index in [0.717, 1.165) is 27.5 Å². The lowest BCUT2D eigenvalue weighted by Crippen LogP contribution is -2.12. The molecule has 4 aromatic rings. The number of nitrogens with zero attached hydrogens (tertiary/aromatic N) is 5. The van der Waals surface area contributed by atoms with E-state index in [1.807, 2.05) is 37.4 Å². The molecule has 9 heteroatoms. The van der Waals surface area contributed by atoms with Crippen molar-refractivity contribution in [2.24, 2.45) is 7.05 Å². The number of hydrogen-bond acceptors (Lipinski definition) is 7. The summed E-state index contributed by atoms with van der Waals surface area (Å²) in [6.07, 6.45) is 3.38. The van der Waals surface area contributed by atoms with Gasteiger partial charge in [0.2, 0.25) is 5.69 Å². The number of hydrogen-bond donors (Lipinski definition) is 0. The average Bonchev–Trinajstić information content (AvgIpc) is 3.43. The number of aryl methyl sites for hydroxylation is 1. The second kappa shape index (κ2) is 8.08. The highest BCUT2D eigenvalue weighted by molar-refractivity contribution is 6.11. The first-order valence-electron chi connectivity index (χ1n) is 10.4. The number of fused-ring (bicyclic) bond motifs is 2. The van der Waals surface area contributed by atoms with E-state index in [9.17, 15) is 4.79 Å². The van der Waals surface area contributed by atoms with E-state index in [0.29, 0.717) is 34.4 Å². The highest BCUT2D eigenvalue weighted by Gasteiger charge is 2.28. The summed E-state index contributed by atoms with van der Waals surface area (Å²) in [5.41, 5.74) is 3.28. The molecule has 0 radical (unpaired) electrons. The van der Waals surface area contributed by atoms with Crippen LogP contribution in [0.3, 0.4) is 0 Å². The lowest BCUT2D eigenvalue weighted by molar-refractivity contribution is 0.0535. The van der Waals surface area contributed by atoms with Crippen molar-refractivity contribution in [3.05, 3.63) is 65.3 Å². The molecule has 5 rings (SSSR count). The third-order valence-corrected chi connectivity index (χ3v) is 5.90. The van der Waals surface area contributed by atoms with Gasteiger partial charge < -0.3 is 19.1 Å². The largest absolute Gasteiger partial charge is 0.493 e. The van der Waals surface area contributed by atoms with E-state index in [-0.39, 0.29) is 12.6 Å². The van der Waals surface area contributed by atoms with Gasteiger partial charge in [0.25, 0.3) is 0 Å². The zero-order valence-electron chi connectivity index (χ0n) is 19.1. The number of benzene rings is 2. The van der Waals surface area contributed by atoms with E-state index in [1.54, 1.807) is 43.2 Å². The van der Waals surface area contributed by atoms with Crippen LogP contribution in [0, 0.1) is 6.57 Å². The Kier molecular flexibility index (Phi) is 5.06. The smallest absolute Gasteiger partial charge is 0.339 e. The van der Waals surface area contributed by atoms with E-state index in [2.05, 4.69) is 14.9 Å². The topological polar surface area (TPSA) is 83.1 Å². The fourth-order valence-corrected chi connectivity index (χ4v) is 4.27. The third kappa shape index (κ3) is 3.28. The fraction of sp³-hybridized carbons (Fsp3) is 0.200. The van der Waals surface area contributed by atoms with E-state index in [4.69, 9.17) is 20.8 Å². The Morgan fingerprint density at radius 1 is 1.15 bits per heavy atom. The van der Waals surface area contributed by atoms with Crippen molar-refractivity contribution in [3.8, 4) is 22.6 Å². The molecule has 0 bridgehead atoms. The molecule has 0 saturated carbocycles. The predicted molar refractivity (Wildman–Crippen MR) is 127 cm³/mol. The Bertz CT molecular complexity index is 1480. The first-order chi connectivity index (χ1) is 16.4. The minimum Gasteiger partial charge on any atom is -0.493 e. The Hall–Kier alpha value is -4.58. The van der Waals surface area contributed by atoms with Crippen LogP contribution in [0.4, 0.5) is 17.3 Å². The number of pyridine rings is 1. The van der Waals surface area contributed by atoms with Gasteiger partial charge in [-0.1, -0.05) is 0 Å². The van der Waals surface area contributed by atoms with Gasteiger partial charge in [0, 0.05) is 43.2 Å². The maximum atomic E-state index is 12.7. The third-order valence-electron chi connectivity index (χ3n) is 5.90. The van der Waals surface area contributed by atoms with Gasteiger partial charge in [-0.2, -0.15) is 5.10 Å². The van der Waals surface area contributed by atoms with Gasteiger partial charge >= 0.3 is 5.97 Å². The van der Waals surface area contributed by atoms with Gasteiger partial charge in [0.1, 0.15) is 12.4 Å². The molecule has 0 N–H and O–H groups in total. The van der Waals surface area contributed by atoms with Crippen LogP contribution in [0.15, 0.2) is 42.7 Å². The Morgan fingerprint density at radius 3 is 2.59 bits per heavy atom. The summed E-state index contributed by atoms with van der Waals surface area (Å²) in [5, 5.41) is 6.11. The van der Waals surface area contributed by atoms with Crippen molar-refractivity contribution in [2.75, 3.05) is 26.2 Å². The number of anilines is 2. The number of rotatable bonds is 5. The lowest BCUT2D eigenvalue weighted by atomic mass is 9.91. The van der Waals surface area contributed by atoms with Crippen molar-refractivity contribution < 1.29 is 19.0 Å². The number of aromatic nitrogens is 3. The van der Waals surface area contributed by atoms with Crippen LogP contribution in [0.5, 0.6) is 11.5 Å². The second-order valence-corrected chi connectivity index (χ2v) is 7.88. The lowest BCUT2D eigenvalue weighted by Gasteiger charge is -2.18. The molecule has 0 saturated heterocycles. The molecule has 0 fully saturated rings. The van der Waals surface area contributed by atoms with Crippen LogP contribution in [0.25, 0.3) is 26.7 Å². The number of esters is 1. The molecule has 170 valence electrons. The van der Waals surface area contributed by atoms with Gasteiger partial charge in [-0.25, -0.2) is 14.6 Å². The van der Waals surface area contributed by atoms with Crippen LogP contribution in [0.2, 0.25) is 0 Å². The minimum atomic E-state index is -0.363. The summed E-state index contributed by atoms with van der Waals surface area (Å²) in [5.74, 6) is 1.94. The van der Waals surface area contributed by atoms with Crippen LogP contribution >= 0.6 is 0 Å². The monoisotopic (exact) mass is 455 g/mol. The SMILES string of the molecule is [C-]#[N+]c1cn(C)nc1N(C)c1ccc(-c2c3c(cc4cc(OC)c(OC)cc24)COC3=O)cn1. The van der Waals surface area contributed by atoms with Crippen molar-refractivity contribution >= 4 is 34.1 Å². The molecule has 0 amide bonds. The zero-order chi connectivity index (χ0) is 24.0. The number of cyclic esters (lactones) is 1. The summed E-state index contributed by atoms with van der Waals surface area (Å²) >= 11 is 0. The van der Waals surface area contributed by atoms with Crippen LogP contribution in [-0.4, -0.2) is 42.0 Å². The Morgan fingerprint density at radius 2 is 1.91 bits per heavy atom. The van der Waals surface area contributed by atoms with Gasteiger partial charge in [0.05, 0.1) is 26.4 Å². The molecule has 9 nitrogen and oxygen atoms in total. The Labute approximate surface area is 195 Å². The number of carbonyl (C=O) groups excluding carboxylic acids is 1. The van der Waals surface area contributed by atoms with Gasteiger partial charge in [-0.05, 0) is 41.1 Å². The number of methoxy groups -OCH3 is 2. The molecule has 0 unspecified atom stereocenters. The highest BCUT2D eigenvalue weighted by Crippen LogP contribution is 2.42. The quantitative estimate of drug-likeness (QED) is 0.320. The maximum absolute atomic E-state index is 12.7. The summed E-state index contributed by atoms with van der Waals surface area (Å²) in [6.45, 7) is 7.61. The zero-order valence-corrected chi connectivity index (χ0v) is 19.1. The first kappa shape index (κ1) is 21.3. The molecule has 2 aromatic heterocycles. The van der Waals surface area contributed by atoms with Gasteiger partial charge in [-0.3, -0.25) is 4.68 Å². The molecule has 0 atom stereocenters. The van der Waals surface area contributed by atoms with E-state index < -0.39 is 0 Å². The first-order valence-corrected chi connectivity index (χ1v) is 10.4. The van der Waals surface area contributed by atoms with Gasteiger partial charge in [0.15, 0.2) is 17.3 Å². The molecule has 0 spiro atoms. The number of carbonyl (C=O) groups is 1. The van der Waals surface area contributed by atoms with Crippen LogP contribution in [-0.2, 0) is 18.4 Å². The van der Waals surface area contributed by atoms with E-state index in [1.165, 1.54) is 0 Å². The average molecular weight is 455 g/mol.